The molecule has 0 saturated carbocycles. The van der Waals surface area contributed by atoms with Crippen LogP contribution in [0.4, 0.5) is 0 Å². The first kappa shape index (κ1) is 16.3. The maximum atomic E-state index is 12.0. The average molecular weight is 321 g/mol. The molecule has 1 heterocycles. The second kappa shape index (κ2) is 6.77. The van der Waals surface area contributed by atoms with Crippen molar-refractivity contribution in [2.45, 2.75) is 19.4 Å². The SMILES string of the molecule is COC(=O)[C@@H](N)Cc1ccc(-c2c(C)c(Cl)c[nH]c2=O)cc1. The minimum atomic E-state index is -0.702. The molecule has 0 unspecified atom stereocenters. The molecule has 1 aromatic carbocycles. The van der Waals surface area contributed by atoms with Crippen LogP contribution in [-0.4, -0.2) is 24.1 Å². The molecule has 0 bridgehead atoms. The van der Waals surface area contributed by atoms with Crippen molar-refractivity contribution < 1.29 is 9.53 Å². The van der Waals surface area contributed by atoms with E-state index in [9.17, 15) is 9.59 Å². The highest BCUT2D eigenvalue weighted by Gasteiger charge is 2.15. The number of carbonyl (C=O) groups excluding carboxylic acids is 1. The van der Waals surface area contributed by atoms with Gasteiger partial charge in [-0.3, -0.25) is 9.59 Å². The fourth-order valence-corrected chi connectivity index (χ4v) is 2.39. The molecular formula is C16H17ClN2O3. The van der Waals surface area contributed by atoms with Crippen molar-refractivity contribution in [3.05, 3.63) is 57.0 Å². The normalized spacial score (nSPS) is 12.0. The Labute approximate surface area is 133 Å². The Morgan fingerprint density at radius 3 is 2.59 bits per heavy atom. The third-order valence-corrected chi connectivity index (χ3v) is 3.89. The van der Waals surface area contributed by atoms with Crippen molar-refractivity contribution in [3.63, 3.8) is 0 Å². The Morgan fingerprint density at radius 2 is 2.00 bits per heavy atom. The molecule has 3 N–H and O–H groups in total. The highest BCUT2D eigenvalue weighted by Crippen LogP contribution is 2.24. The van der Waals surface area contributed by atoms with E-state index in [1.807, 2.05) is 24.3 Å². The number of hydrogen-bond acceptors (Lipinski definition) is 4. The van der Waals surface area contributed by atoms with Crippen molar-refractivity contribution in [3.8, 4) is 11.1 Å². The van der Waals surface area contributed by atoms with Crippen LogP contribution < -0.4 is 11.3 Å². The first-order valence-electron chi connectivity index (χ1n) is 6.74. The second-order valence-electron chi connectivity index (χ2n) is 5.00. The number of carbonyl (C=O) groups is 1. The molecule has 0 aliphatic carbocycles. The zero-order valence-corrected chi connectivity index (χ0v) is 13.1. The van der Waals surface area contributed by atoms with Gasteiger partial charge in [0.25, 0.3) is 5.56 Å². The van der Waals surface area contributed by atoms with Crippen molar-refractivity contribution in [1.82, 2.24) is 4.98 Å². The van der Waals surface area contributed by atoms with Gasteiger partial charge in [-0.25, -0.2) is 0 Å². The number of nitrogens with one attached hydrogen (secondary N) is 1. The molecular weight excluding hydrogens is 304 g/mol. The molecule has 2 aromatic rings. The maximum Gasteiger partial charge on any atom is 0.322 e. The van der Waals surface area contributed by atoms with Crippen LogP contribution in [0, 0.1) is 6.92 Å². The number of aromatic amines is 1. The van der Waals surface area contributed by atoms with Gasteiger partial charge in [0.2, 0.25) is 0 Å². The van der Waals surface area contributed by atoms with Crippen molar-refractivity contribution in [2.75, 3.05) is 7.11 Å². The van der Waals surface area contributed by atoms with Crippen molar-refractivity contribution in [2.24, 2.45) is 5.73 Å². The Kier molecular flexibility index (Phi) is 5.00. The van der Waals surface area contributed by atoms with Crippen LogP contribution in [-0.2, 0) is 16.0 Å². The van der Waals surface area contributed by atoms with Gasteiger partial charge in [-0.05, 0) is 30.0 Å². The van der Waals surface area contributed by atoms with E-state index in [0.29, 0.717) is 17.0 Å². The minimum Gasteiger partial charge on any atom is -0.468 e. The van der Waals surface area contributed by atoms with Gasteiger partial charge in [-0.15, -0.1) is 0 Å². The van der Waals surface area contributed by atoms with Gasteiger partial charge >= 0.3 is 5.97 Å². The number of ether oxygens (including phenoxy) is 1. The predicted octanol–water partition coefficient (Wildman–Crippen LogP) is 2.05. The number of halogens is 1. The molecule has 22 heavy (non-hydrogen) atoms. The van der Waals surface area contributed by atoms with Crippen LogP contribution in [0.15, 0.2) is 35.3 Å². The lowest BCUT2D eigenvalue weighted by molar-refractivity contribution is -0.142. The van der Waals surface area contributed by atoms with Crippen LogP contribution in [0.1, 0.15) is 11.1 Å². The molecule has 0 spiro atoms. The van der Waals surface area contributed by atoms with Gasteiger partial charge in [0, 0.05) is 6.20 Å². The average Bonchev–Trinajstić information content (AvgIpc) is 2.52. The monoisotopic (exact) mass is 320 g/mol. The summed E-state index contributed by atoms with van der Waals surface area (Å²) in [6.45, 7) is 1.80. The van der Waals surface area contributed by atoms with E-state index in [1.54, 1.807) is 6.92 Å². The molecule has 1 atom stereocenters. The zero-order chi connectivity index (χ0) is 16.3. The van der Waals surface area contributed by atoms with E-state index in [4.69, 9.17) is 17.3 Å². The summed E-state index contributed by atoms with van der Waals surface area (Å²) in [6, 6.07) is 6.59. The van der Waals surface area contributed by atoms with Crippen LogP contribution in [0.3, 0.4) is 0 Å². The summed E-state index contributed by atoms with van der Waals surface area (Å²) < 4.78 is 4.60. The first-order chi connectivity index (χ1) is 10.4. The number of esters is 1. The third-order valence-electron chi connectivity index (χ3n) is 3.49. The summed E-state index contributed by atoms with van der Waals surface area (Å²) in [5.41, 5.74) is 8.45. The largest absolute Gasteiger partial charge is 0.468 e. The molecule has 0 aliphatic rings. The second-order valence-corrected chi connectivity index (χ2v) is 5.40. The molecule has 116 valence electrons. The van der Waals surface area contributed by atoms with E-state index >= 15 is 0 Å². The first-order valence-corrected chi connectivity index (χ1v) is 7.12. The molecule has 0 fully saturated rings. The van der Waals surface area contributed by atoms with Crippen LogP contribution in [0.5, 0.6) is 0 Å². The number of aromatic nitrogens is 1. The molecule has 0 radical (unpaired) electrons. The quantitative estimate of drug-likeness (QED) is 0.844. The summed E-state index contributed by atoms with van der Waals surface area (Å²) in [6.07, 6.45) is 1.85. The van der Waals surface area contributed by atoms with Gasteiger partial charge < -0.3 is 15.5 Å². The molecule has 6 heteroatoms. The Hall–Kier alpha value is -2.11. The van der Waals surface area contributed by atoms with Crippen LogP contribution >= 0.6 is 11.6 Å². The van der Waals surface area contributed by atoms with Gasteiger partial charge in [-0.2, -0.15) is 0 Å². The number of hydrogen-bond donors (Lipinski definition) is 2. The third kappa shape index (κ3) is 3.37. The molecule has 0 saturated heterocycles. The Bertz CT molecular complexity index is 738. The van der Waals surface area contributed by atoms with Crippen LogP contribution in [0.2, 0.25) is 5.02 Å². The number of H-pyrrole nitrogens is 1. The van der Waals surface area contributed by atoms with Gasteiger partial charge in [0.15, 0.2) is 0 Å². The lowest BCUT2D eigenvalue weighted by Gasteiger charge is -2.10. The fraction of sp³-hybridized carbons (Fsp3) is 0.250. The highest BCUT2D eigenvalue weighted by molar-refractivity contribution is 6.31. The summed E-state index contributed by atoms with van der Waals surface area (Å²) in [4.78, 5) is 25.9. The lowest BCUT2D eigenvalue weighted by Crippen LogP contribution is -2.33. The van der Waals surface area contributed by atoms with E-state index in [1.165, 1.54) is 13.3 Å². The van der Waals surface area contributed by atoms with E-state index in [0.717, 1.165) is 16.7 Å². The maximum absolute atomic E-state index is 12.0. The zero-order valence-electron chi connectivity index (χ0n) is 12.4. The number of pyridine rings is 1. The summed E-state index contributed by atoms with van der Waals surface area (Å²) in [5, 5.41) is 0.506. The van der Waals surface area contributed by atoms with Crippen LogP contribution in [0.25, 0.3) is 11.1 Å². The number of methoxy groups -OCH3 is 1. The van der Waals surface area contributed by atoms with Gasteiger partial charge in [0.1, 0.15) is 6.04 Å². The summed E-state index contributed by atoms with van der Waals surface area (Å²) in [7, 11) is 1.31. The Morgan fingerprint density at radius 1 is 1.36 bits per heavy atom. The molecule has 5 nitrogen and oxygen atoms in total. The van der Waals surface area contributed by atoms with Gasteiger partial charge in [0.05, 0.1) is 17.7 Å². The molecule has 2 rings (SSSR count). The highest BCUT2D eigenvalue weighted by atomic mass is 35.5. The standard InChI is InChI=1S/C16H17ClN2O3/c1-9-12(17)8-19-15(20)14(9)11-5-3-10(4-6-11)7-13(18)16(21)22-2/h3-6,8,13H,7,18H2,1-2H3,(H,19,20)/t13-/m0/s1. The molecule has 0 aliphatic heterocycles. The summed E-state index contributed by atoms with van der Waals surface area (Å²) in [5.74, 6) is -0.453. The van der Waals surface area contributed by atoms with Crippen molar-refractivity contribution >= 4 is 17.6 Å². The number of benzene rings is 1. The fourth-order valence-electron chi connectivity index (χ4n) is 2.24. The smallest absolute Gasteiger partial charge is 0.322 e. The minimum absolute atomic E-state index is 0.194. The lowest BCUT2D eigenvalue weighted by atomic mass is 9.99. The molecule has 0 amide bonds. The predicted molar refractivity (Wildman–Crippen MR) is 85.9 cm³/mol. The van der Waals surface area contributed by atoms with E-state index < -0.39 is 12.0 Å². The van der Waals surface area contributed by atoms with E-state index in [2.05, 4.69) is 9.72 Å². The van der Waals surface area contributed by atoms with Crippen molar-refractivity contribution in [1.29, 1.82) is 0 Å². The van der Waals surface area contributed by atoms with E-state index in [-0.39, 0.29) is 5.56 Å². The molecule has 1 aromatic heterocycles. The summed E-state index contributed by atoms with van der Waals surface area (Å²) >= 11 is 6.05. The van der Waals surface area contributed by atoms with Gasteiger partial charge in [-0.1, -0.05) is 35.9 Å². The Balaban J connectivity index is 2.29. The number of nitrogens with two attached hydrogens (primary N) is 1. The topological polar surface area (TPSA) is 85.2 Å². The number of rotatable bonds is 4.